The van der Waals surface area contributed by atoms with Crippen LogP contribution >= 0.6 is 11.3 Å². The summed E-state index contributed by atoms with van der Waals surface area (Å²) in [4.78, 5) is 27.1. The zero-order chi connectivity index (χ0) is 24.2. The molecule has 0 fully saturated rings. The van der Waals surface area contributed by atoms with Crippen LogP contribution in [-0.2, 0) is 21.6 Å². The summed E-state index contributed by atoms with van der Waals surface area (Å²) in [7, 11) is -2.98. The van der Waals surface area contributed by atoms with Crippen molar-refractivity contribution in [1.29, 1.82) is 0 Å². The number of hydrogen-bond acceptors (Lipinski definition) is 10. The topological polar surface area (TPSA) is 147 Å². The number of carbonyl (C=O) groups excluding carboxylic acids is 1. The summed E-state index contributed by atoms with van der Waals surface area (Å²) in [6.45, 7) is 1.71. The minimum absolute atomic E-state index is 0.0930. The number of halogens is 1. The van der Waals surface area contributed by atoms with Crippen LogP contribution in [0.25, 0.3) is 0 Å². The first-order chi connectivity index (χ1) is 15.5. The third kappa shape index (κ3) is 6.36. The van der Waals surface area contributed by atoms with Gasteiger partial charge in [-0.05, 0) is 47.2 Å². The highest BCUT2D eigenvalue weighted by atomic mass is 32.3. The van der Waals surface area contributed by atoms with Gasteiger partial charge in [0.2, 0.25) is 11.0 Å². The smallest absolute Gasteiger partial charge is 0.345 e. The molecular weight excluding hydrogens is 475 g/mol. The van der Waals surface area contributed by atoms with Crippen LogP contribution in [0.5, 0.6) is 0 Å². The van der Waals surface area contributed by atoms with Crippen molar-refractivity contribution in [3.05, 3.63) is 64.3 Å². The van der Waals surface area contributed by atoms with Gasteiger partial charge < -0.3 is 10.2 Å². The van der Waals surface area contributed by atoms with E-state index in [1.165, 1.54) is 31.2 Å². The van der Waals surface area contributed by atoms with Gasteiger partial charge in [-0.25, -0.2) is 4.98 Å². The molecular formula is C19H17FN6O5S2. The summed E-state index contributed by atoms with van der Waals surface area (Å²) >= 11 is 0.764. The van der Waals surface area contributed by atoms with Gasteiger partial charge in [-0.15, -0.1) is 14.1 Å². The third-order valence-electron chi connectivity index (χ3n) is 4.26. The maximum absolute atomic E-state index is 13.1. The molecule has 0 bridgehead atoms. The molecule has 1 heterocycles. The molecule has 172 valence electrons. The number of azo groups is 1. The van der Waals surface area contributed by atoms with Crippen molar-refractivity contribution in [2.75, 3.05) is 17.3 Å². The van der Waals surface area contributed by atoms with Gasteiger partial charge in [-0.3, -0.25) is 14.9 Å². The number of nitrogens with one attached hydrogen (secondary N) is 1. The van der Waals surface area contributed by atoms with Crippen LogP contribution in [0.3, 0.4) is 0 Å². The van der Waals surface area contributed by atoms with Crippen LogP contribution in [0.4, 0.5) is 31.1 Å². The van der Waals surface area contributed by atoms with Gasteiger partial charge in [-0.2, -0.15) is 8.42 Å². The Hall–Kier alpha value is -3.78. The van der Waals surface area contributed by atoms with Gasteiger partial charge in [0.15, 0.2) is 0 Å². The van der Waals surface area contributed by atoms with Crippen LogP contribution < -0.4 is 10.2 Å². The lowest BCUT2D eigenvalue weighted by molar-refractivity contribution is -0.380. The normalized spacial score (nSPS) is 11.5. The maximum Gasteiger partial charge on any atom is 0.345 e. The molecule has 0 saturated heterocycles. The zero-order valence-electron chi connectivity index (χ0n) is 17.3. The fraction of sp³-hybridized carbons (Fsp3) is 0.158. The van der Waals surface area contributed by atoms with Crippen LogP contribution in [0, 0.1) is 10.1 Å². The molecule has 0 spiro atoms. The van der Waals surface area contributed by atoms with Crippen molar-refractivity contribution in [3.63, 3.8) is 0 Å². The minimum atomic E-state index is -4.76. The summed E-state index contributed by atoms with van der Waals surface area (Å²) in [5.74, 6) is -0.334. The van der Waals surface area contributed by atoms with Gasteiger partial charge in [-0.1, -0.05) is 12.1 Å². The molecule has 11 nitrogen and oxygen atoms in total. The number of nitrogens with zero attached hydrogens (tertiary/aromatic N) is 5. The molecule has 14 heteroatoms. The van der Waals surface area contributed by atoms with E-state index in [1.807, 2.05) is 4.90 Å². The van der Waals surface area contributed by atoms with Crippen molar-refractivity contribution < 1.29 is 22.0 Å². The second-order valence-corrected chi connectivity index (χ2v) is 9.09. The number of carbonyl (C=O) groups is 1. The number of nitro groups is 1. The van der Waals surface area contributed by atoms with E-state index in [-0.39, 0.29) is 16.0 Å². The summed E-state index contributed by atoms with van der Waals surface area (Å²) in [5, 5.41) is 21.3. The summed E-state index contributed by atoms with van der Waals surface area (Å²) in [6, 6.07) is 10.4. The second kappa shape index (κ2) is 9.79. The Balaban J connectivity index is 1.82. The molecule has 3 rings (SSSR count). The molecule has 0 aliphatic rings. The average molecular weight is 493 g/mol. The molecule has 0 atom stereocenters. The first-order valence-corrected chi connectivity index (χ1v) is 11.4. The summed E-state index contributed by atoms with van der Waals surface area (Å²) < 4.78 is 35.0. The van der Waals surface area contributed by atoms with Crippen LogP contribution in [0.2, 0.25) is 0 Å². The molecule has 0 aliphatic heterocycles. The Morgan fingerprint density at radius 2 is 1.94 bits per heavy atom. The number of amides is 1. The lowest BCUT2D eigenvalue weighted by atomic mass is 10.2. The Morgan fingerprint density at radius 1 is 1.24 bits per heavy atom. The first kappa shape index (κ1) is 23.9. The largest absolute Gasteiger partial charge is 0.370 e. The molecule has 33 heavy (non-hydrogen) atoms. The molecule has 1 aromatic heterocycles. The number of thiazole rings is 1. The Kier molecular flexibility index (Phi) is 7.08. The van der Waals surface area contributed by atoms with E-state index in [0.717, 1.165) is 23.1 Å². The van der Waals surface area contributed by atoms with Crippen LogP contribution in [0.1, 0.15) is 12.5 Å². The van der Waals surface area contributed by atoms with Gasteiger partial charge in [0.1, 0.15) is 11.9 Å². The van der Waals surface area contributed by atoms with Crippen LogP contribution in [-0.4, -0.2) is 31.3 Å². The average Bonchev–Trinajstić information content (AvgIpc) is 3.21. The Morgan fingerprint density at radius 3 is 2.52 bits per heavy atom. The standard InChI is InChI=1S/C19H17FN6O5S2/c1-12(27)22-17-9-14(25(2)11-13-3-6-15(7-4-13)33(20,30)31)5-8-16(17)23-24-19-21-10-18(32-19)26(28)29/h3-10H,11H2,1-2H3,(H,22,27). The minimum Gasteiger partial charge on any atom is -0.370 e. The highest BCUT2D eigenvalue weighted by Crippen LogP contribution is 2.33. The van der Waals surface area contributed by atoms with Crippen molar-refractivity contribution in [2.45, 2.75) is 18.4 Å². The quantitative estimate of drug-likeness (QED) is 0.207. The van der Waals surface area contributed by atoms with Crippen molar-refractivity contribution in [3.8, 4) is 0 Å². The van der Waals surface area contributed by atoms with E-state index in [0.29, 0.717) is 23.6 Å². The monoisotopic (exact) mass is 492 g/mol. The molecule has 2 aromatic carbocycles. The Labute approximate surface area is 192 Å². The third-order valence-corrected chi connectivity index (χ3v) is 5.93. The lowest BCUT2D eigenvalue weighted by Crippen LogP contribution is -2.17. The molecule has 3 aromatic rings. The molecule has 0 radical (unpaired) electrons. The lowest BCUT2D eigenvalue weighted by Gasteiger charge is -2.21. The summed E-state index contributed by atoms with van der Waals surface area (Å²) in [5.41, 5.74) is 2.11. The molecule has 1 N–H and O–H groups in total. The number of aromatic nitrogens is 1. The molecule has 1 amide bonds. The van der Waals surface area contributed by atoms with E-state index < -0.39 is 20.0 Å². The zero-order valence-corrected chi connectivity index (χ0v) is 18.9. The van der Waals surface area contributed by atoms with Gasteiger partial charge >= 0.3 is 15.2 Å². The summed E-state index contributed by atoms with van der Waals surface area (Å²) in [6.07, 6.45) is 1.08. The van der Waals surface area contributed by atoms with Crippen molar-refractivity contribution in [2.24, 2.45) is 10.2 Å². The number of benzene rings is 2. The molecule has 0 saturated carbocycles. The molecule has 0 unspecified atom stereocenters. The fourth-order valence-electron chi connectivity index (χ4n) is 2.74. The predicted molar refractivity (Wildman–Crippen MR) is 121 cm³/mol. The molecule has 0 aliphatic carbocycles. The predicted octanol–water partition coefficient (Wildman–Crippen LogP) is 4.72. The number of rotatable bonds is 8. The van der Waals surface area contributed by atoms with E-state index >= 15 is 0 Å². The Bertz CT molecular complexity index is 1320. The number of anilines is 2. The van der Waals surface area contributed by atoms with E-state index in [2.05, 4.69) is 20.5 Å². The van der Waals surface area contributed by atoms with Crippen molar-refractivity contribution in [1.82, 2.24) is 4.98 Å². The highest BCUT2D eigenvalue weighted by Gasteiger charge is 2.14. The first-order valence-electron chi connectivity index (χ1n) is 9.21. The van der Waals surface area contributed by atoms with Crippen molar-refractivity contribution >= 4 is 54.7 Å². The van der Waals surface area contributed by atoms with E-state index in [9.17, 15) is 27.2 Å². The second-order valence-electron chi connectivity index (χ2n) is 6.76. The van der Waals surface area contributed by atoms with E-state index in [1.54, 1.807) is 25.2 Å². The van der Waals surface area contributed by atoms with Crippen LogP contribution in [0.15, 0.2) is 63.8 Å². The maximum atomic E-state index is 13.1. The fourth-order valence-corrected chi connectivity index (χ4v) is 3.76. The number of hydrogen-bond donors (Lipinski definition) is 1. The van der Waals surface area contributed by atoms with Gasteiger partial charge in [0.25, 0.3) is 0 Å². The SMILES string of the molecule is CC(=O)Nc1cc(N(C)Cc2ccc(S(=O)(=O)F)cc2)ccc1N=Nc1ncc([N+](=O)[O-])s1. The van der Waals surface area contributed by atoms with Gasteiger partial charge in [0.05, 0.1) is 15.5 Å². The van der Waals surface area contributed by atoms with Gasteiger partial charge in [0, 0.05) is 26.2 Å². The van der Waals surface area contributed by atoms with E-state index in [4.69, 9.17) is 0 Å². The highest BCUT2D eigenvalue weighted by molar-refractivity contribution is 7.86.